The molecule has 1 amide bonds. The van der Waals surface area contributed by atoms with Gasteiger partial charge in [-0.1, -0.05) is 6.07 Å². The predicted octanol–water partition coefficient (Wildman–Crippen LogP) is 0.525. The fraction of sp³-hybridized carbons (Fsp3) is 0.462. The van der Waals surface area contributed by atoms with E-state index in [-0.39, 0.29) is 25.0 Å². The Morgan fingerprint density at radius 1 is 1.44 bits per heavy atom. The number of rotatable bonds is 5. The van der Waals surface area contributed by atoms with Crippen molar-refractivity contribution < 1.29 is 19.4 Å². The molecular weight excluding hydrogens is 234 g/mol. The number of nitrogens with zero attached hydrogens (tertiary/aromatic N) is 1. The number of methoxy groups -OCH3 is 1. The predicted molar refractivity (Wildman–Crippen MR) is 65.6 cm³/mol. The monoisotopic (exact) mass is 251 g/mol. The molecule has 5 heteroatoms. The fourth-order valence-corrected chi connectivity index (χ4v) is 1.82. The summed E-state index contributed by atoms with van der Waals surface area (Å²) in [6.45, 7) is 1.40. The Bertz CT molecular complexity index is 415. The molecule has 18 heavy (non-hydrogen) atoms. The highest BCUT2D eigenvalue weighted by Crippen LogP contribution is 2.19. The lowest BCUT2D eigenvalue weighted by atomic mass is 10.0. The molecule has 0 aliphatic carbocycles. The maximum Gasteiger partial charge on any atom is 0.260 e. The van der Waals surface area contributed by atoms with Crippen molar-refractivity contribution in [2.45, 2.75) is 0 Å². The van der Waals surface area contributed by atoms with Gasteiger partial charge in [0, 0.05) is 31.7 Å². The largest absolute Gasteiger partial charge is 0.497 e. The topological polar surface area (TPSA) is 59.0 Å². The van der Waals surface area contributed by atoms with Crippen LogP contribution in [0.3, 0.4) is 0 Å². The number of amides is 1. The Kier molecular flexibility index (Phi) is 4.04. The van der Waals surface area contributed by atoms with Gasteiger partial charge in [-0.05, 0) is 12.1 Å². The van der Waals surface area contributed by atoms with Crippen molar-refractivity contribution in [1.82, 2.24) is 4.90 Å². The highest BCUT2D eigenvalue weighted by Gasteiger charge is 2.29. The minimum atomic E-state index is -0.0532. The van der Waals surface area contributed by atoms with Crippen LogP contribution in [0.5, 0.6) is 11.5 Å². The molecule has 0 radical (unpaired) electrons. The van der Waals surface area contributed by atoms with Crippen LogP contribution in [0, 0.1) is 5.92 Å². The maximum atomic E-state index is 11.7. The number of hydrogen-bond acceptors (Lipinski definition) is 4. The zero-order valence-corrected chi connectivity index (χ0v) is 10.3. The first-order chi connectivity index (χ1) is 8.72. The maximum absolute atomic E-state index is 11.7. The molecule has 1 fully saturated rings. The first kappa shape index (κ1) is 12.7. The summed E-state index contributed by atoms with van der Waals surface area (Å²) in [6, 6.07) is 7.14. The molecule has 0 unspecified atom stereocenters. The molecule has 0 spiro atoms. The van der Waals surface area contributed by atoms with E-state index in [2.05, 4.69) is 0 Å². The molecule has 1 aliphatic heterocycles. The van der Waals surface area contributed by atoms with Gasteiger partial charge in [0.15, 0.2) is 6.61 Å². The van der Waals surface area contributed by atoms with Crippen molar-refractivity contribution >= 4 is 5.91 Å². The van der Waals surface area contributed by atoms with Gasteiger partial charge >= 0.3 is 0 Å². The second kappa shape index (κ2) is 5.73. The first-order valence-corrected chi connectivity index (χ1v) is 5.88. The Morgan fingerprint density at radius 2 is 2.17 bits per heavy atom. The molecule has 1 heterocycles. The highest BCUT2D eigenvalue weighted by atomic mass is 16.5. The number of carbonyl (C=O) groups is 1. The van der Waals surface area contributed by atoms with Crippen LogP contribution in [-0.4, -0.2) is 49.3 Å². The lowest BCUT2D eigenvalue weighted by Gasteiger charge is -2.38. The molecule has 0 bridgehead atoms. The molecule has 2 rings (SSSR count). The van der Waals surface area contributed by atoms with Crippen LogP contribution >= 0.6 is 0 Å². The van der Waals surface area contributed by atoms with E-state index in [1.165, 1.54) is 0 Å². The molecular formula is C13H17NO4. The van der Waals surface area contributed by atoms with E-state index in [4.69, 9.17) is 14.6 Å². The third-order valence-electron chi connectivity index (χ3n) is 2.97. The smallest absolute Gasteiger partial charge is 0.260 e. The number of benzene rings is 1. The lowest BCUT2D eigenvalue weighted by Crippen LogP contribution is -2.52. The van der Waals surface area contributed by atoms with Crippen LogP contribution < -0.4 is 9.47 Å². The zero-order chi connectivity index (χ0) is 13.0. The number of aliphatic hydroxyl groups excluding tert-OH is 1. The summed E-state index contributed by atoms with van der Waals surface area (Å²) >= 11 is 0. The van der Waals surface area contributed by atoms with Crippen LogP contribution in [0.4, 0.5) is 0 Å². The number of carbonyl (C=O) groups excluding carboxylic acids is 1. The van der Waals surface area contributed by atoms with Gasteiger partial charge in [-0.3, -0.25) is 4.79 Å². The van der Waals surface area contributed by atoms with Gasteiger partial charge in [0.25, 0.3) is 5.91 Å². The average molecular weight is 251 g/mol. The molecule has 1 aliphatic rings. The molecule has 1 saturated heterocycles. The summed E-state index contributed by atoms with van der Waals surface area (Å²) < 4.78 is 10.5. The van der Waals surface area contributed by atoms with Gasteiger partial charge in [-0.25, -0.2) is 0 Å². The van der Waals surface area contributed by atoms with E-state index in [0.717, 1.165) is 0 Å². The second-order valence-electron chi connectivity index (χ2n) is 4.31. The summed E-state index contributed by atoms with van der Waals surface area (Å²) in [7, 11) is 1.58. The SMILES string of the molecule is COc1cccc(OCC(=O)N2CC(CO)C2)c1. The third kappa shape index (κ3) is 2.92. The fourth-order valence-electron chi connectivity index (χ4n) is 1.82. The summed E-state index contributed by atoms with van der Waals surface area (Å²) in [5, 5.41) is 8.87. The van der Waals surface area contributed by atoms with E-state index < -0.39 is 0 Å². The van der Waals surface area contributed by atoms with E-state index in [1.54, 1.807) is 24.1 Å². The van der Waals surface area contributed by atoms with Gasteiger partial charge in [-0.15, -0.1) is 0 Å². The molecule has 0 saturated carbocycles. The van der Waals surface area contributed by atoms with E-state index in [0.29, 0.717) is 24.6 Å². The average Bonchev–Trinajstić information content (AvgIpc) is 2.35. The summed E-state index contributed by atoms with van der Waals surface area (Å²) in [4.78, 5) is 13.4. The van der Waals surface area contributed by atoms with Gasteiger partial charge < -0.3 is 19.5 Å². The van der Waals surface area contributed by atoms with Crippen LogP contribution in [0.15, 0.2) is 24.3 Å². The van der Waals surface area contributed by atoms with Crippen molar-refractivity contribution in [2.24, 2.45) is 5.92 Å². The van der Waals surface area contributed by atoms with E-state index >= 15 is 0 Å². The molecule has 1 aromatic carbocycles. The Hall–Kier alpha value is -1.75. The van der Waals surface area contributed by atoms with Crippen LogP contribution in [0.2, 0.25) is 0 Å². The van der Waals surface area contributed by atoms with Gasteiger partial charge in [-0.2, -0.15) is 0 Å². The number of aliphatic hydroxyl groups is 1. The minimum absolute atomic E-state index is 0.0192. The van der Waals surface area contributed by atoms with Crippen LogP contribution in [0.1, 0.15) is 0 Å². The van der Waals surface area contributed by atoms with Crippen molar-refractivity contribution in [1.29, 1.82) is 0 Å². The van der Waals surface area contributed by atoms with Crippen molar-refractivity contribution in [3.63, 3.8) is 0 Å². The molecule has 5 nitrogen and oxygen atoms in total. The Balaban J connectivity index is 1.79. The normalized spacial score (nSPS) is 15.1. The van der Waals surface area contributed by atoms with Crippen molar-refractivity contribution in [3.8, 4) is 11.5 Å². The Labute approximate surface area is 106 Å². The summed E-state index contributed by atoms with van der Waals surface area (Å²) in [5.74, 6) is 1.49. The molecule has 1 aromatic rings. The minimum Gasteiger partial charge on any atom is -0.497 e. The first-order valence-electron chi connectivity index (χ1n) is 5.88. The molecule has 1 N–H and O–H groups in total. The molecule has 0 aromatic heterocycles. The second-order valence-corrected chi connectivity index (χ2v) is 4.31. The van der Waals surface area contributed by atoms with Crippen molar-refractivity contribution in [2.75, 3.05) is 33.4 Å². The molecule has 0 atom stereocenters. The Morgan fingerprint density at radius 3 is 2.83 bits per heavy atom. The standard InChI is InChI=1S/C13H17NO4/c1-17-11-3-2-4-12(5-11)18-9-13(16)14-6-10(7-14)8-15/h2-5,10,15H,6-9H2,1H3. The highest BCUT2D eigenvalue weighted by molar-refractivity contribution is 5.78. The quantitative estimate of drug-likeness (QED) is 0.829. The van der Waals surface area contributed by atoms with Crippen LogP contribution in [0.25, 0.3) is 0 Å². The lowest BCUT2D eigenvalue weighted by molar-refractivity contribution is -0.140. The number of ether oxygens (including phenoxy) is 2. The zero-order valence-electron chi connectivity index (χ0n) is 10.3. The van der Waals surface area contributed by atoms with E-state index in [1.807, 2.05) is 12.1 Å². The third-order valence-corrected chi connectivity index (χ3v) is 2.97. The summed E-state index contributed by atoms with van der Waals surface area (Å²) in [5.41, 5.74) is 0. The van der Waals surface area contributed by atoms with Gasteiger partial charge in [0.1, 0.15) is 11.5 Å². The van der Waals surface area contributed by atoms with Gasteiger partial charge in [0.2, 0.25) is 0 Å². The summed E-state index contributed by atoms with van der Waals surface area (Å²) in [6.07, 6.45) is 0. The molecule has 98 valence electrons. The number of likely N-dealkylation sites (tertiary alicyclic amines) is 1. The number of hydrogen-bond donors (Lipinski definition) is 1. The van der Waals surface area contributed by atoms with Gasteiger partial charge in [0.05, 0.1) is 7.11 Å². The van der Waals surface area contributed by atoms with Crippen molar-refractivity contribution in [3.05, 3.63) is 24.3 Å². The van der Waals surface area contributed by atoms with E-state index in [9.17, 15) is 4.79 Å². The van der Waals surface area contributed by atoms with Crippen LogP contribution in [-0.2, 0) is 4.79 Å².